The molecule has 0 radical (unpaired) electrons. The van der Waals surface area contributed by atoms with Crippen molar-refractivity contribution in [1.29, 1.82) is 0 Å². The van der Waals surface area contributed by atoms with Crippen LogP contribution < -0.4 is 4.74 Å². The third kappa shape index (κ3) is 14.0. The molecule has 0 aliphatic heterocycles. The van der Waals surface area contributed by atoms with Crippen LogP contribution in [0.15, 0.2) is 103 Å². The van der Waals surface area contributed by atoms with Crippen LogP contribution in [-0.2, 0) is 0 Å². The molecule has 1 N–H and O–H groups in total. The minimum Gasteiger partial charge on any atom is -0.508 e. The molecule has 0 spiro atoms. The monoisotopic (exact) mass is 540 g/mol. The summed E-state index contributed by atoms with van der Waals surface area (Å²) < 4.78 is 5.11. The van der Waals surface area contributed by atoms with Crippen molar-refractivity contribution in [3.8, 4) is 11.5 Å². The molecule has 4 aromatic rings. The number of phenolic OH excluding ortho intramolecular Hbond substituents is 1. The average molecular weight is 541 g/mol. The first-order valence-electron chi connectivity index (χ1n) is 14.5. The van der Waals surface area contributed by atoms with Gasteiger partial charge in [-0.15, -0.1) is 0 Å². The van der Waals surface area contributed by atoms with Gasteiger partial charge < -0.3 is 9.84 Å². The van der Waals surface area contributed by atoms with Crippen molar-refractivity contribution in [1.82, 2.24) is 0 Å². The maximum absolute atomic E-state index is 9.06. The third-order valence-corrected chi connectivity index (χ3v) is 6.47. The average Bonchev–Trinajstić information content (AvgIpc) is 2.94. The Morgan fingerprint density at radius 3 is 1.27 bits per heavy atom. The Labute approximate surface area is 245 Å². The smallest absolute Gasteiger partial charge is 0.119 e. The third-order valence-electron chi connectivity index (χ3n) is 6.47. The highest BCUT2D eigenvalue weighted by molar-refractivity contribution is 5.30. The fourth-order valence-corrected chi connectivity index (χ4v) is 3.75. The zero-order chi connectivity index (χ0) is 30.1. The van der Waals surface area contributed by atoms with E-state index in [9.17, 15) is 0 Å². The number of ether oxygens (including phenoxy) is 1. The van der Waals surface area contributed by atoms with Crippen molar-refractivity contribution < 1.29 is 9.84 Å². The van der Waals surface area contributed by atoms with E-state index in [1.54, 1.807) is 19.2 Å². The number of aromatic hydroxyl groups is 1. The summed E-state index contributed by atoms with van der Waals surface area (Å²) in [6.07, 6.45) is 0. The summed E-state index contributed by atoms with van der Waals surface area (Å²) in [4.78, 5) is 0. The van der Waals surface area contributed by atoms with Crippen LogP contribution in [0.25, 0.3) is 0 Å². The van der Waals surface area contributed by atoms with Gasteiger partial charge in [-0.3, -0.25) is 0 Å². The quantitative estimate of drug-likeness (QED) is 0.273. The van der Waals surface area contributed by atoms with Crippen LogP contribution in [-0.4, -0.2) is 12.2 Å². The second-order valence-electron chi connectivity index (χ2n) is 11.3. The van der Waals surface area contributed by atoms with Crippen molar-refractivity contribution in [2.75, 3.05) is 7.11 Å². The Morgan fingerprint density at radius 1 is 0.475 bits per heavy atom. The summed E-state index contributed by atoms with van der Waals surface area (Å²) in [5, 5.41) is 9.06. The topological polar surface area (TPSA) is 29.5 Å². The van der Waals surface area contributed by atoms with Crippen LogP contribution in [0.2, 0.25) is 0 Å². The summed E-state index contributed by atoms with van der Waals surface area (Å²) in [5.41, 5.74) is 6.70. The Balaban J connectivity index is 0.000000267. The number of rotatable bonds is 5. The number of hydrogen-bond donors (Lipinski definition) is 1. The molecule has 4 rings (SSSR count). The van der Waals surface area contributed by atoms with Gasteiger partial charge in [0.25, 0.3) is 0 Å². The summed E-state index contributed by atoms with van der Waals surface area (Å²) in [6.45, 7) is 19.5. The van der Waals surface area contributed by atoms with Gasteiger partial charge in [0.15, 0.2) is 0 Å². The summed E-state index contributed by atoms with van der Waals surface area (Å²) in [7, 11) is 1.69. The number of methoxy groups -OCH3 is 1. The number of benzene rings is 4. The molecule has 0 bridgehead atoms. The highest BCUT2D eigenvalue weighted by Crippen LogP contribution is 2.20. The van der Waals surface area contributed by atoms with Gasteiger partial charge >= 0.3 is 0 Å². The van der Waals surface area contributed by atoms with E-state index in [0.717, 1.165) is 5.75 Å². The molecule has 0 saturated heterocycles. The molecule has 2 heteroatoms. The predicted molar refractivity (Wildman–Crippen MR) is 175 cm³/mol. The lowest BCUT2D eigenvalue weighted by Gasteiger charge is -2.06. The molecule has 0 amide bonds. The van der Waals surface area contributed by atoms with Crippen LogP contribution in [0.4, 0.5) is 0 Å². The standard InChI is InChI=1S/C10H14O.C10H14.C9H12O.C9H12/c1-8(2)9-5-4-6-10(7-9)11-3;1-8(2)10-6-4-5-9(3)7-10;1-7(2)8-4-3-5-9(10)6-8;1-8(2)9-6-4-3-5-7-9/h4-8H,1-3H3;4-8H,1-3H3;3-7,10H,1-2H3;3-8H,1-2H3. The molecule has 0 fully saturated rings. The molecular formula is C38H52O2. The molecule has 4 aromatic carbocycles. The Hall–Kier alpha value is -3.52. The molecule has 40 heavy (non-hydrogen) atoms. The fraction of sp³-hybridized carbons (Fsp3) is 0.368. The van der Waals surface area contributed by atoms with Gasteiger partial charge in [0.1, 0.15) is 11.5 Å². The predicted octanol–water partition coefficient (Wildman–Crippen LogP) is 11.3. The first-order valence-corrected chi connectivity index (χ1v) is 14.5. The molecule has 0 saturated carbocycles. The lowest BCUT2D eigenvalue weighted by atomic mass is 10.0. The van der Waals surface area contributed by atoms with Crippen molar-refractivity contribution in [2.24, 2.45) is 0 Å². The molecular weight excluding hydrogens is 488 g/mol. The summed E-state index contributed by atoms with van der Waals surface area (Å²) in [5.74, 6) is 3.67. The lowest BCUT2D eigenvalue weighted by Crippen LogP contribution is -1.88. The van der Waals surface area contributed by atoms with Gasteiger partial charge in [-0.2, -0.15) is 0 Å². The van der Waals surface area contributed by atoms with Gasteiger partial charge in [-0.05, 0) is 77.1 Å². The number of hydrogen-bond acceptors (Lipinski definition) is 2. The fourth-order valence-electron chi connectivity index (χ4n) is 3.75. The zero-order valence-electron chi connectivity index (χ0n) is 26.5. The Bertz CT molecular complexity index is 1160. The zero-order valence-corrected chi connectivity index (χ0v) is 26.5. The second-order valence-corrected chi connectivity index (χ2v) is 11.3. The first kappa shape index (κ1) is 34.5. The van der Waals surface area contributed by atoms with E-state index in [2.05, 4.69) is 123 Å². The minimum atomic E-state index is 0.353. The van der Waals surface area contributed by atoms with Gasteiger partial charge in [-0.25, -0.2) is 0 Å². The van der Waals surface area contributed by atoms with Crippen molar-refractivity contribution in [3.05, 3.63) is 131 Å². The van der Waals surface area contributed by atoms with Crippen LogP contribution in [0.5, 0.6) is 11.5 Å². The van der Waals surface area contributed by atoms with E-state index < -0.39 is 0 Å². The maximum atomic E-state index is 9.06. The Kier molecular flexibility index (Phi) is 16.1. The van der Waals surface area contributed by atoms with Crippen LogP contribution in [0, 0.1) is 6.92 Å². The molecule has 216 valence electrons. The molecule has 0 aliphatic carbocycles. The van der Waals surface area contributed by atoms with Gasteiger partial charge in [-0.1, -0.05) is 140 Å². The second kappa shape index (κ2) is 18.7. The van der Waals surface area contributed by atoms with Crippen LogP contribution in [0.3, 0.4) is 0 Å². The van der Waals surface area contributed by atoms with E-state index in [1.807, 2.05) is 30.3 Å². The number of phenols is 1. The Morgan fingerprint density at radius 2 is 0.900 bits per heavy atom. The molecule has 0 aromatic heterocycles. The van der Waals surface area contributed by atoms with Gasteiger partial charge in [0.05, 0.1) is 7.11 Å². The first-order chi connectivity index (χ1) is 18.9. The van der Waals surface area contributed by atoms with E-state index >= 15 is 0 Å². The molecule has 0 atom stereocenters. The van der Waals surface area contributed by atoms with Crippen LogP contribution >= 0.6 is 0 Å². The van der Waals surface area contributed by atoms with E-state index in [0.29, 0.717) is 29.4 Å². The van der Waals surface area contributed by atoms with Crippen molar-refractivity contribution in [3.63, 3.8) is 0 Å². The molecule has 0 unspecified atom stereocenters. The summed E-state index contributed by atoms with van der Waals surface area (Å²) in [6, 6.07) is 34.7. The lowest BCUT2D eigenvalue weighted by molar-refractivity contribution is 0.414. The molecule has 0 aliphatic rings. The molecule has 2 nitrogen and oxygen atoms in total. The van der Waals surface area contributed by atoms with Crippen LogP contribution in [0.1, 0.15) is 107 Å². The molecule has 0 heterocycles. The van der Waals surface area contributed by atoms with Crippen molar-refractivity contribution in [2.45, 2.75) is 86.0 Å². The summed E-state index contributed by atoms with van der Waals surface area (Å²) >= 11 is 0. The normalized spacial score (nSPS) is 10.2. The minimum absolute atomic E-state index is 0.353. The number of aryl methyl sites for hydroxylation is 1. The van der Waals surface area contributed by atoms with Gasteiger partial charge in [0.2, 0.25) is 0 Å². The maximum Gasteiger partial charge on any atom is 0.119 e. The van der Waals surface area contributed by atoms with E-state index in [1.165, 1.54) is 27.8 Å². The highest BCUT2D eigenvalue weighted by atomic mass is 16.5. The van der Waals surface area contributed by atoms with Gasteiger partial charge in [0, 0.05) is 0 Å². The highest BCUT2D eigenvalue weighted by Gasteiger charge is 1.99. The largest absolute Gasteiger partial charge is 0.508 e. The SMILES string of the molecule is CC(C)c1cccc(O)c1.CC(C)c1ccccc1.COc1cccc(C(C)C)c1.Cc1cccc(C(C)C)c1. The van der Waals surface area contributed by atoms with E-state index in [4.69, 9.17) is 9.84 Å². The van der Waals surface area contributed by atoms with Crippen molar-refractivity contribution >= 4 is 0 Å². The van der Waals surface area contributed by atoms with E-state index in [-0.39, 0.29) is 0 Å².